The minimum absolute atomic E-state index is 0. The molecule has 7 heteroatoms. The molecule has 1 aliphatic rings. The molecular weight excluding hydrogens is 395 g/mol. The number of anilines is 1. The first-order chi connectivity index (χ1) is 12.7. The molecule has 0 spiro atoms. The number of nitrogens with one attached hydrogen (secondary N) is 1. The fraction of sp³-hybridized carbons (Fsp3) is 0.333. The van der Waals surface area contributed by atoms with Crippen molar-refractivity contribution in [2.45, 2.75) is 38.3 Å². The Kier molecular flexibility index (Phi) is 7.87. The smallest absolute Gasteiger partial charge is 0.224 e. The van der Waals surface area contributed by atoms with E-state index in [-0.39, 0.29) is 36.8 Å². The van der Waals surface area contributed by atoms with Crippen molar-refractivity contribution in [3.05, 3.63) is 60.4 Å². The quantitative estimate of drug-likeness (QED) is 0.642. The highest BCUT2D eigenvalue weighted by atomic mass is 35.5. The van der Waals surface area contributed by atoms with E-state index in [1.165, 1.54) is 5.56 Å². The van der Waals surface area contributed by atoms with Gasteiger partial charge in [-0.3, -0.25) is 4.79 Å². The largest absolute Gasteiger partial charge is 0.327 e. The van der Waals surface area contributed by atoms with Crippen LogP contribution in [0.4, 0.5) is 5.69 Å². The summed E-state index contributed by atoms with van der Waals surface area (Å²) in [4.78, 5) is 16.6. The van der Waals surface area contributed by atoms with Crippen LogP contribution in [-0.4, -0.2) is 21.5 Å². The molecule has 3 N–H and O–H groups in total. The number of amides is 1. The second kappa shape index (κ2) is 9.92. The molecule has 1 saturated carbocycles. The predicted molar refractivity (Wildman–Crippen MR) is 118 cm³/mol. The molecule has 1 aromatic heterocycles. The molecule has 28 heavy (non-hydrogen) atoms. The Morgan fingerprint density at radius 2 is 1.86 bits per heavy atom. The maximum atomic E-state index is 12.2. The lowest BCUT2D eigenvalue weighted by molar-refractivity contribution is -0.117. The first-order valence-electron chi connectivity index (χ1n) is 9.23. The number of halogens is 2. The molecule has 4 rings (SSSR count). The van der Waals surface area contributed by atoms with E-state index in [2.05, 4.69) is 20.9 Å². The van der Waals surface area contributed by atoms with Gasteiger partial charge in [-0.25, -0.2) is 4.98 Å². The van der Waals surface area contributed by atoms with E-state index in [0.717, 1.165) is 42.5 Å². The third-order valence-corrected chi connectivity index (χ3v) is 5.28. The number of carbonyl (C=O) groups excluding carboxylic acids is 1. The minimum Gasteiger partial charge on any atom is -0.327 e. The fourth-order valence-corrected chi connectivity index (χ4v) is 3.80. The van der Waals surface area contributed by atoms with Crippen molar-refractivity contribution >= 4 is 47.4 Å². The van der Waals surface area contributed by atoms with Gasteiger partial charge in [-0.05, 0) is 48.6 Å². The topological polar surface area (TPSA) is 72.9 Å². The van der Waals surface area contributed by atoms with E-state index in [9.17, 15) is 4.79 Å². The van der Waals surface area contributed by atoms with Gasteiger partial charge in [0.05, 0.1) is 17.4 Å². The lowest BCUT2D eigenvalue weighted by Gasteiger charge is -2.15. The summed E-state index contributed by atoms with van der Waals surface area (Å²) in [5.74, 6) is 0.379. The summed E-state index contributed by atoms with van der Waals surface area (Å²) in [5.41, 5.74) is 10.2. The third kappa shape index (κ3) is 5.04. The molecule has 0 saturated heterocycles. The summed E-state index contributed by atoms with van der Waals surface area (Å²) in [5, 5.41) is 2.99. The maximum Gasteiger partial charge on any atom is 0.224 e. The van der Waals surface area contributed by atoms with Crippen LogP contribution in [0.25, 0.3) is 11.0 Å². The van der Waals surface area contributed by atoms with E-state index < -0.39 is 0 Å². The fourth-order valence-electron chi connectivity index (χ4n) is 3.80. The Morgan fingerprint density at radius 1 is 1.11 bits per heavy atom. The Hall–Kier alpha value is -2.08. The highest BCUT2D eigenvalue weighted by molar-refractivity contribution is 5.90. The summed E-state index contributed by atoms with van der Waals surface area (Å²) in [6.45, 7) is 0.756. The second-order valence-corrected chi connectivity index (χ2v) is 7.17. The minimum atomic E-state index is 0. The number of hydrogen-bond acceptors (Lipinski definition) is 3. The highest BCUT2D eigenvalue weighted by Gasteiger charge is 2.25. The molecule has 1 fully saturated rings. The van der Waals surface area contributed by atoms with Gasteiger partial charge in [0.2, 0.25) is 5.91 Å². The van der Waals surface area contributed by atoms with Crippen molar-refractivity contribution in [3.63, 3.8) is 0 Å². The van der Waals surface area contributed by atoms with Gasteiger partial charge in [-0.15, -0.1) is 24.8 Å². The van der Waals surface area contributed by atoms with E-state index in [4.69, 9.17) is 5.73 Å². The monoisotopic (exact) mass is 420 g/mol. The van der Waals surface area contributed by atoms with Crippen LogP contribution in [-0.2, 0) is 11.3 Å². The zero-order valence-corrected chi connectivity index (χ0v) is 17.2. The molecule has 3 aromatic rings. The van der Waals surface area contributed by atoms with Gasteiger partial charge in [0.25, 0.3) is 0 Å². The maximum absolute atomic E-state index is 12.2. The van der Waals surface area contributed by atoms with Crippen LogP contribution in [0.5, 0.6) is 0 Å². The highest BCUT2D eigenvalue weighted by Crippen LogP contribution is 2.27. The molecule has 0 aliphatic heterocycles. The zero-order chi connectivity index (χ0) is 17.9. The standard InChI is InChI=1S/C21H24N4O.2ClH/c22-18-5-3-4-16(18)12-21(26)24-17-10-8-15(9-11-17)13-25-14-23-19-6-1-2-7-20(19)25;;/h1-2,6-11,14,16,18H,3-5,12-13,22H2,(H,24,26);2*1H/t16-,18+;;/m0../s1. The van der Waals surface area contributed by atoms with Crippen LogP contribution in [0.2, 0.25) is 0 Å². The van der Waals surface area contributed by atoms with Crippen LogP contribution in [0, 0.1) is 5.92 Å². The lowest BCUT2D eigenvalue weighted by atomic mass is 10.00. The number of rotatable bonds is 5. The Bertz CT molecular complexity index is 910. The first kappa shape index (κ1) is 22.2. The van der Waals surface area contributed by atoms with E-state index in [0.29, 0.717) is 12.3 Å². The molecule has 0 bridgehead atoms. The zero-order valence-electron chi connectivity index (χ0n) is 15.6. The Morgan fingerprint density at radius 3 is 2.57 bits per heavy atom. The molecule has 1 heterocycles. The van der Waals surface area contributed by atoms with Gasteiger partial charge in [0, 0.05) is 24.7 Å². The Balaban J connectivity index is 0.00000140. The van der Waals surface area contributed by atoms with Gasteiger partial charge in [-0.1, -0.05) is 30.7 Å². The molecule has 150 valence electrons. The second-order valence-electron chi connectivity index (χ2n) is 7.17. The van der Waals surface area contributed by atoms with Crippen LogP contribution < -0.4 is 11.1 Å². The lowest BCUT2D eigenvalue weighted by Crippen LogP contribution is -2.28. The summed E-state index contributed by atoms with van der Waals surface area (Å²) < 4.78 is 2.13. The number of benzene rings is 2. The molecule has 1 amide bonds. The van der Waals surface area contributed by atoms with E-state index >= 15 is 0 Å². The average Bonchev–Trinajstić information content (AvgIpc) is 3.23. The molecule has 0 radical (unpaired) electrons. The van der Waals surface area contributed by atoms with Crippen LogP contribution in [0.15, 0.2) is 54.9 Å². The molecule has 0 unspecified atom stereocenters. The number of para-hydroxylation sites is 2. The molecule has 5 nitrogen and oxygen atoms in total. The van der Waals surface area contributed by atoms with Crippen LogP contribution in [0.3, 0.4) is 0 Å². The van der Waals surface area contributed by atoms with Gasteiger partial charge in [0.1, 0.15) is 0 Å². The van der Waals surface area contributed by atoms with Crippen molar-refractivity contribution in [2.75, 3.05) is 5.32 Å². The number of aromatic nitrogens is 2. The predicted octanol–water partition coefficient (Wildman–Crippen LogP) is 4.38. The van der Waals surface area contributed by atoms with Crippen molar-refractivity contribution in [1.82, 2.24) is 9.55 Å². The van der Waals surface area contributed by atoms with Crippen LogP contribution >= 0.6 is 24.8 Å². The van der Waals surface area contributed by atoms with Gasteiger partial charge in [0.15, 0.2) is 0 Å². The number of nitrogens with two attached hydrogens (primary N) is 1. The van der Waals surface area contributed by atoms with Crippen LogP contribution in [0.1, 0.15) is 31.2 Å². The third-order valence-electron chi connectivity index (χ3n) is 5.28. The number of carbonyl (C=O) groups is 1. The van der Waals surface area contributed by atoms with Crippen molar-refractivity contribution < 1.29 is 4.79 Å². The average molecular weight is 421 g/mol. The first-order valence-corrected chi connectivity index (χ1v) is 9.23. The van der Waals surface area contributed by atoms with Crippen molar-refractivity contribution in [3.8, 4) is 0 Å². The SMILES string of the molecule is Cl.Cl.N[C@@H]1CCC[C@H]1CC(=O)Nc1ccc(Cn2cnc3ccccc32)cc1. The number of imidazole rings is 1. The van der Waals surface area contributed by atoms with Crippen molar-refractivity contribution in [2.24, 2.45) is 11.7 Å². The van der Waals surface area contributed by atoms with Gasteiger partial charge < -0.3 is 15.6 Å². The van der Waals surface area contributed by atoms with E-state index in [1.807, 2.05) is 48.8 Å². The summed E-state index contributed by atoms with van der Waals surface area (Å²) in [6, 6.07) is 16.3. The molecular formula is C21H26Cl2N4O. The normalized spacial score (nSPS) is 18.3. The molecule has 1 aliphatic carbocycles. The Labute approximate surface area is 177 Å². The van der Waals surface area contributed by atoms with E-state index in [1.54, 1.807) is 0 Å². The number of fused-ring (bicyclic) bond motifs is 1. The van der Waals surface area contributed by atoms with Gasteiger partial charge >= 0.3 is 0 Å². The summed E-state index contributed by atoms with van der Waals surface area (Å²) >= 11 is 0. The number of hydrogen-bond donors (Lipinski definition) is 2. The summed E-state index contributed by atoms with van der Waals surface area (Å²) in [7, 11) is 0. The van der Waals surface area contributed by atoms with Crippen molar-refractivity contribution in [1.29, 1.82) is 0 Å². The molecule has 2 aromatic carbocycles. The molecule has 2 atom stereocenters. The van der Waals surface area contributed by atoms with Gasteiger partial charge in [-0.2, -0.15) is 0 Å². The number of nitrogens with zero attached hydrogens (tertiary/aromatic N) is 2. The summed E-state index contributed by atoms with van der Waals surface area (Å²) in [6.07, 6.45) is 5.62.